The van der Waals surface area contributed by atoms with Crippen LogP contribution in [-0.4, -0.2) is 16.7 Å². The van der Waals surface area contributed by atoms with Crippen LogP contribution in [0.5, 0.6) is 5.75 Å². The lowest BCUT2D eigenvalue weighted by molar-refractivity contribution is 0.408. The van der Waals surface area contributed by atoms with E-state index in [0.717, 1.165) is 11.1 Å². The fourth-order valence-electron chi connectivity index (χ4n) is 3.89. The fourth-order valence-corrected chi connectivity index (χ4v) is 3.89. The van der Waals surface area contributed by atoms with Crippen molar-refractivity contribution in [2.24, 2.45) is 0 Å². The van der Waals surface area contributed by atoms with Crippen LogP contribution in [0.15, 0.2) is 60.8 Å². The van der Waals surface area contributed by atoms with Crippen molar-refractivity contribution in [3.63, 3.8) is 0 Å². The van der Waals surface area contributed by atoms with Gasteiger partial charge in [-0.25, -0.2) is 4.98 Å². The van der Waals surface area contributed by atoms with Crippen LogP contribution < -0.4 is 4.74 Å². The van der Waals surface area contributed by atoms with E-state index in [4.69, 9.17) is 9.72 Å². The molecular formula is C26H22N4O. The molecule has 0 amide bonds. The summed E-state index contributed by atoms with van der Waals surface area (Å²) in [4.78, 5) is 4.94. The van der Waals surface area contributed by atoms with Crippen molar-refractivity contribution >= 4 is 11.0 Å². The molecule has 0 spiro atoms. The summed E-state index contributed by atoms with van der Waals surface area (Å²) in [5, 5.41) is 20.9. The molecule has 0 saturated heterocycles. The summed E-state index contributed by atoms with van der Waals surface area (Å²) in [6.45, 7) is 6.20. The summed E-state index contributed by atoms with van der Waals surface area (Å²) in [7, 11) is 1.60. The maximum Gasteiger partial charge on any atom is 0.143 e. The molecule has 0 aliphatic heterocycles. The summed E-state index contributed by atoms with van der Waals surface area (Å²) in [5.74, 6) is 0.637. The SMILES string of the molecule is COc1ccccc1-c1c(C#N)c(-c2ccccc2)nc2c1c(C#N)cn2C(C)(C)C. The molecular weight excluding hydrogens is 384 g/mol. The molecule has 0 bridgehead atoms. The topological polar surface area (TPSA) is 74.6 Å². The van der Waals surface area contributed by atoms with E-state index < -0.39 is 0 Å². The lowest BCUT2D eigenvalue weighted by Gasteiger charge is -2.23. The van der Waals surface area contributed by atoms with Crippen LogP contribution >= 0.6 is 0 Å². The summed E-state index contributed by atoms with van der Waals surface area (Å²) in [6.07, 6.45) is 1.83. The number of hydrogen-bond donors (Lipinski definition) is 0. The van der Waals surface area contributed by atoms with Gasteiger partial charge in [0.05, 0.1) is 23.9 Å². The number of benzene rings is 2. The van der Waals surface area contributed by atoms with E-state index in [1.54, 1.807) is 7.11 Å². The van der Waals surface area contributed by atoms with Gasteiger partial charge in [-0.1, -0.05) is 48.5 Å². The first-order valence-corrected chi connectivity index (χ1v) is 9.99. The Hall–Kier alpha value is -4.09. The molecule has 5 nitrogen and oxygen atoms in total. The minimum absolute atomic E-state index is 0.305. The third-order valence-corrected chi connectivity index (χ3v) is 5.31. The maximum atomic E-state index is 10.3. The Bertz CT molecular complexity index is 1360. The van der Waals surface area contributed by atoms with E-state index >= 15 is 0 Å². The van der Waals surface area contributed by atoms with Crippen LogP contribution in [0.25, 0.3) is 33.4 Å². The standard InChI is InChI=1S/C26H22N4O/c1-26(2,3)30-16-18(14-27)22-23(19-12-8-9-13-21(19)31-4)20(15-28)24(29-25(22)30)17-10-6-5-7-11-17/h5-13,16H,1-4H3. The average Bonchev–Trinajstić information content (AvgIpc) is 3.17. The molecule has 0 radical (unpaired) electrons. The number of fused-ring (bicyclic) bond motifs is 1. The van der Waals surface area contributed by atoms with E-state index in [-0.39, 0.29) is 5.54 Å². The molecule has 0 unspecified atom stereocenters. The Kier molecular flexibility index (Phi) is 4.97. The van der Waals surface area contributed by atoms with Crippen LogP contribution in [-0.2, 0) is 5.54 Å². The van der Waals surface area contributed by atoms with E-state index in [1.165, 1.54) is 0 Å². The zero-order valence-corrected chi connectivity index (χ0v) is 18.0. The Morgan fingerprint density at radius 1 is 0.935 bits per heavy atom. The van der Waals surface area contributed by atoms with Crippen molar-refractivity contribution in [2.45, 2.75) is 26.3 Å². The van der Waals surface area contributed by atoms with Crippen LogP contribution in [0.4, 0.5) is 0 Å². The Morgan fingerprint density at radius 2 is 1.61 bits per heavy atom. The highest BCUT2D eigenvalue weighted by atomic mass is 16.5. The minimum Gasteiger partial charge on any atom is -0.496 e. The predicted octanol–water partition coefficient (Wildman–Crippen LogP) is 5.88. The van der Waals surface area contributed by atoms with Crippen molar-refractivity contribution < 1.29 is 4.74 Å². The fraction of sp³-hybridized carbons (Fsp3) is 0.192. The molecule has 2 aromatic carbocycles. The van der Waals surface area contributed by atoms with Crippen LogP contribution in [0.2, 0.25) is 0 Å². The van der Waals surface area contributed by atoms with Gasteiger partial charge in [0.1, 0.15) is 23.5 Å². The second kappa shape index (κ2) is 7.63. The van der Waals surface area contributed by atoms with Crippen molar-refractivity contribution in [1.29, 1.82) is 10.5 Å². The number of rotatable bonds is 3. The van der Waals surface area contributed by atoms with Crippen molar-refractivity contribution in [3.05, 3.63) is 71.9 Å². The molecule has 0 fully saturated rings. The van der Waals surface area contributed by atoms with Gasteiger partial charge in [0.25, 0.3) is 0 Å². The second-order valence-electron chi connectivity index (χ2n) is 8.28. The minimum atomic E-state index is -0.305. The monoisotopic (exact) mass is 406 g/mol. The molecule has 0 aliphatic rings. The molecule has 2 heterocycles. The average molecular weight is 406 g/mol. The summed E-state index contributed by atoms with van der Waals surface area (Å²) < 4.78 is 7.63. The smallest absolute Gasteiger partial charge is 0.143 e. The molecule has 0 saturated carbocycles. The van der Waals surface area contributed by atoms with Gasteiger partial charge >= 0.3 is 0 Å². The van der Waals surface area contributed by atoms with Gasteiger partial charge in [-0.2, -0.15) is 10.5 Å². The third-order valence-electron chi connectivity index (χ3n) is 5.31. The largest absolute Gasteiger partial charge is 0.496 e. The summed E-state index contributed by atoms with van der Waals surface area (Å²) >= 11 is 0. The molecule has 0 aliphatic carbocycles. The molecule has 4 aromatic rings. The van der Waals surface area contributed by atoms with Crippen LogP contribution in [0.1, 0.15) is 31.9 Å². The first-order valence-electron chi connectivity index (χ1n) is 9.99. The predicted molar refractivity (Wildman–Crippen MR) is 122 cm³/mol. The summed E-state index contributed by atoms with van der Waals surface area (Å²) in [5.41, 5.74) is 4.13. The number of pyridine rings is 1. The third kappa shape index (κ3) is 3.31. The zero-order chi connectivity index (χ0) is 22.2. The lowest BCUT2D eigenvalue weighted by Crippen LogP contribution is -2.21. The number of nitriles is 2. The van der Waals surface area contributed by atoms with Gasteiger partial charge in [-0.3, -0.25) is 0 Å². The normalized spacial score (nSPS) is 11.2. The van der Waals surface area contributed by atoms with Gasteiger partial charge in [0.15, 0.2) is 0 Å². The van der Waals surface area contributed by atoms with E-state index in [1.807, 2.05) is 65.4 Å². The number of nitrogens with zero attached hydrogens (tertiary/aromatic N) is 4. The van der Waals surface area contributed by atoms with Gasteiger partial charge < -0.3 is 9.30 Å². The molecule has 0 N–H and O–H groups in total. The van der Waals surface area contributed by atoms with Crippen LogP contribution in [0, 0.1) is 22.7 Å². The number of aromatic nitrogens is 2. The highest BCUT2D eigenvalue weighted by molar-refractivity contribution is 6.04. The zero-order valence-electron chi connectivity index (χ0n) is 18.0. The van der Waals surface area contributed by atoms with Crippen molar-refractivity contribution in [2.75, 3.05) is 7.11 Å². The molecule has 5 heteroatoms. The van der Waals surface area contributed by atoms with Gasteiger partial charge in [0, 0.05) is 33.8 Å². The quantitative estimate of drug-likeness (QED) is 0.426. The molecule has 0 atom stereocenters. The first kappa shape index (κ1) is 20.2. The number of para-hydroxylation sites is 1. The molecule has 31 heavy (non-hydrogen) atoms. The van der Waals surface area contributed by atoms with Gasteiger partial charge in [0.2, 0.25) is 0 Å². The number of ether oxygens (including phenoxy) is 1. The first-order chi connectivity index (χ1) is 14.9. The van der Waals surface area contributed by atoms with Gasteiger partial charge in [-0.05, 0) is 26.8 Å². The van der Waals surface area contributed by atoms with Crippen molar-refractivity contribution in [1.82, 2.24) is 9.55 Å². The van der Waals surface area contributed by atoms with Crippen molar-refractivity contribution in [3.8, 4) is 40.3 Å². The number of methoxy groups -OCH3 is 1. The molecule has 152 valence electrons. The Labute approximate surface area is 181 Å². The second-order valence-corrected chi connectivity index (χ2v) is 8.28. The van der Waals surface area contributed by atoms with E-state index in [2.05, 4.69) is 32.9 Å². The summed E-state index contributed by atoms with van der Waals surface area (Å²) in [6, 6.07) is 21.9. The maximum absolute atomic E-state index is 10.3. The Balaban J connectivity index is 2.28. The lowest BCUT2D eigenvalue weighted by atomic mass is 9.92. The highest BCUT2D eigenvalue weighted by Gasteiger charge is 2.27. The Morgan fingerprint density at radius 3 is 2.23 bits per heavy atom. The molecule has 4 rings (SSSR count). The highest BCUT2D eigenvalue weighted by Crippen LogP contribution is 2.43. The molecule has 2 aromatic heterocycles. The van der Waals surface area contributed by atoms with E-state index in [0.29, 0.717) is 39.2 Å². The van der Waals surface area contributed by atoms with Crippen LogP contribution in [0.3, 0.4) is 0 Å². The van der Waals surface area contributed by atoms with Gasteiger partial charge in [-0.15, -0.1) is 0 Å². The van der Waals surface area contributed by atoms with E-state index in [9.17, 15) is 10.5 Å². The number of hydrogen-bond acceptors (Lipinski definition) is 4.